The van der Waals surface area contributed by atoms with Crippen LogP contribution in [0.3, 0.4) is 0 Å². The van der Waals surface area contributed by atoms with Crippen molar-refractivity contribution in [2.45, 2.75) is 13.0 Å². The van der Waals surface area contributed by atoms with E-state index in [-0.39, 0.29) is 12.7 Å². The molecule has 0 saturated carbocycles. The molecule has 5 heteroatoms. The molecule has 11 heavy (non-hydrogen) atoms. The number of amides is 1. The van der Waals surface area contributed by atoms with Crippen molar-refractivity contribution >= 4 is 17.9 Å². The lowest BCUT2D eigenvalue weighted by Crippen LogP contribution is -2.32. The van der Waals surface area contributed by atoms with Gasteiger partial charge in [-0.05, 0) is 6.92 Å². The first kappa shape index (κ1) is 10.6. The van der Waals surface area contributed by atoms with E-state index in [2.05, 4.69) is 5.32 Å². The predicted octanol–water partition coefficient (Wildman–Crippen LogP) is 1.35. The molecule has 1 atom stereocenters. The zero-order valence-corrected chi connectivity index (χ0v) is 7.16. The summed E-state index contributed by atoms with van der Waals surface area (Å²) in [5.41, 5.74) is 0. The number of nitrogens with one attached hydrogen (secondary N) is 1. The minimum absolute atomic E-state index is 0.107. The molecule has 0 spiro atoms. The lowest BCUT2D eigenvalue weighted by Gasteiger charge is -2.09. The van der Waals surface area contributed by atoms with Gasteiger partial charge >= 0.3 is 6.09 Å². The third-order valence-electron chi connectivity index (χ3n) is 0.959. The van der Waals surface area contributed by atoms with Crippen LogP contribution in [0.1, 0.15) is 6.92 Å². The van der Waals surface area contributed by atoms with Crippen LogP contribution in [-0.4, -0.2) is 35.4 Å². The molecule has 0 heterocycles. The van der Waals surface area contributed by atoms with E-state index < -0.39 is 6.09 Å². The van der Waals surface area contributed by atoms with Crippen LogP contribution >= 0.6 is 11.8 Å². The first-order valence-electron chi connectivity index (χ1n) is 3.30. The molecule has 0 aromatic heterocycles. The number of hydrogen-bond acceptors (Lipinski definition) is 2. The van der Waals surface area contributed by atoms with Crippen molar-refractivity contribution in [2.75, 3.05) is 18.2 Å². The maximum Gasteiger partial charge on any atom is 0.404 e. The normalized spacial score (nSPS) is 12.5. The summed E-state index contributed by atoms with van der Waals surface area (Å²) in [6, 6.07) is -0.107. The van der Waals surface area contributed by atoms with Crippen LogP contribution in [0, 0.1) is 0 Å². The van der Waals surface area contributed by atoms with Crippen molar-refractivity contribution in [3.8, 4) is 0 Å². The summed E-state index contributed by atoms with van der Waals surface area (Å²) in [4.78, 5) is 10.0. The highest BCUT2D eigenvalue weighted by Gasteiger charge is 2.03. The molecule has 0 aromatic rings. The van der Waals surface area contributed by atoms with E-state index in [9.17, 15) is 9.18 Å². The summed E-state index contributed by atoms with van der Waals surface area (Å²) in [5.74, 6) is 1.06. The minimum atomic E-state index is -1.03. The fourth-order valence-electron chi connectivity index (χ4n) is 0.567. The van der Waals surface area contributed by atoms with E-state index in [1.807, 2.05) is 0 Å². The number of carboxylic acid groups (broad SMARTS) is 1. The van der Waals surface area contributed by atoms with Gasteiger partial charge in [0.25, 0.3) is 0 Å². The van der Waals surface area contributed by atoms with Crippen LogP contribution in [-0.2, 0) is 0 Å². The second kappa shape index (κ2) is 6.27. The van der Waals surface area contributed by atoms with Gasteiger partial charge in [0, 0.05) is 17.5 Å². The van der Waals surface area contributed by atoms with Crippen LogP contribution in [0.5, 0.6) is 0 Å². The fraction of sp³-hybridized carbons (Fsp3) is 0.833. The summed E-state index contributed by atoms with van der Waals surface area (Å²) in [6.45, 7) is 1.39. The number of alkyl halides is 1. The Balaban J connectivity index is 3.22. The van der Waals surface area contributed by atoms with Gasteiger partial charge in [-0.15, -0.1) is 0 Å². The first-order chi connectivity index (χ1) is 5.16. The third kappa shape index (κ3) is 7.45. The molecule has 0 saturated heterocycles. The number of carbonyl (C=O) groups is 1. The van der Waals surface area contributed by atoms with E-state index in [4.69, 9.17) is 5.11 Å². The van der Waals surface area contributed by atoms with Gasteiger partial charge in [-0.25, -0.2) is 4.79 Å². The molecular weight excluding hydrogens is 169 g/mol. The van der Waals surface area contributed by atoms with Crippen LogP contribution in [0.15, 0.2) is 0 Å². The third-order valence-corrected chi connectivity index (χ3v) is 2.14. The number of halogens is 1. The quantitative estimate of drug-likeness (QED) is 0.629. The fourth-order valence-corrected chi connectivity index (χ4v) is 1.28. The molecule has 0 radical (unpaired) electrons. The molecule has 66 valence electrons. The summed E-state index contributed by atoms with van der Waals surface area (Å²) in [7, 11) is 0. The summed E-state index contributed by atoms with van der Waals surface area (Å²) in [5, 5.41) is 10.5. The van der Waals surface area contributed by atoms with E-state index in [0.29, 0.717) is 11.5 Å². The SMILES string of the molecule is CC(CSCCF)NC(=O)O. The van der Waals surface area contributed by atoms with Gasteiger partial charge in [-0.3, -0.25) is 4.39 Å². The molecule has 0 aliphatic rings. The smallest absolute Gasteiger partial charge is 0.404 e. The van der Waals surface area contributed by atoms with Crippen molar-refractivity contribution in [3.05, 3.63) is 0 Å². The van der Waals surface area contributed by atoms with E-state index >= 15 is 0 Å². The van der Waals surface area contributed by atoms with E-state index in [0.717, 1.165) is 0 Å². The highest BCUT2D eigenvalue weighted by molar-refractivity contribution is 7.99. The van der Waals surface area contributed by atoms with Crippen LogP contribution < -0.4 is 5.32 Å². The Morgan fingerprint density at radius 1 is 1.82 bits per heavy atom. The Morgan fingerprint density at radius 2 is 2.45 bits per heavy atom. The van der Waals surface area contributed by atoms with E-state index in [1.165, 1.54) is 11.8 Å². The summed E-state index contributed by atoms with van der Waals surface area (Å²) >= 11 is 1.40. The van der Waals surface area contributed by atoms with Crippen molar-refractivity contribution in [1.29, 1.82) is 0 Å². The zero-order chi connectivity index (χ0) is 8.69. The Labute approximate surface area is 69.4 Å². The van der Waals surface area contributed by atoms with Crippen molar-refractivity contribution in [1.82, 2.24) is 5.32 Å². The highest BCUT2D eigenvalue weighted by atomic mass is 32.2. The largest absolute Gasteiger partial charge is 0.465 e. The molecule has 0 bridgehead atoms. The number of hydrogen-bond donors (Lipinski definition) is 2. The number of rotatable bonds is 5. The monoisotopic (exact) mass is 181 g/mol. The predicted molar refractivity (Wildman–Crippen MR) is 43.9 cm³/mol. The molecule has 0 rings (SSSR count). The van der Waals surface area contributed by atoms with Gasteiger partial charge in [-0.1, -0.05) is 0 Å². The maximum atomic E-state index is 11.5. The lowest BCUT2D eigenvalue weighted by molar-refractivity contribution is 0.192. The van der Waals surface area contributed by atoms with Crippen LogP contribution in [0.4, 0.5) is 9.18 Å². The van der Waals surface area contributed by atoms with Gasteiger partial charge in [0.2, 0.25) is 0 Å². The highest BCUT2D eigenvalue weighted by Crippen LogP contribution is 2.01. The average Bonchev–Trinajstić information content (AvgIpc) is 1.86. The Kier molecular flexibility index (Phi) is 6.02. The van der Waals surface area contributed by atoms with Crippen molar-refractivity contribution < 1.29 is 14.3 Å². The molecule has 0 aliphatic carbocycles. The Bertz CT molecular complexity index is 123. The second-order valence-electron chi connectivity index (χ2n) is 2.11. The average molecular weight is 181 g/mol. The molecule has 1 amide bonds. The maximum absolute atomic E-state index is 11.5. The molecule has 0 aliphatic heterocycles. The van der Waals surface area contributed by atoms with Crippen LogP contribution in [0.2, 0.25) is 0 Å². The topological polar surface area (TPSA) is 49.3 Å². The summed E-state index contributed by atoms with van der Waals surface area (Å²) in [6.07, 6.45) is -1.03. The van der Waals surface area contributed by atoms with Gasteiger partial charge in [0.15, 0.2) is 0 Å². The first-order valence-corrected chi connectivity index (χ1v) is 4.45. The molecular formula is C6H12FNO2S. The Morgan fingerprint density at radius 3 is 2.91 bits per heavy atom. The van der Waals surface area contributed by atoms with Crippen molar-refractivity contribution in [3.63, 3.8) is 0 Å². The molecule has 0 fully saturated rings. The summed E-state index contributed by atoms with van der Waals surface area (Å²) < 4.78 is 11.5. The lowest BCUT2D eigenvalue weighted by atomic mass is 10.4. The minimum Gasteiger partial charge on any atom is -0.465 e. The van der Waals surface area contributed by atoms with Gasteiger partial charge in [0.05, 0.1) is 6.67 Å². The molecule has 0 aromatic carbocycles. The van der Waals surface area contributed by atoms with Crippen molar-refractivity contribution in [2.24, 2.45) is 0 Å². The zero-order valence-electron chi connectivity index (χ0n) is 6.34. The molecule has 2 N–H and O–H groups in total. The number of thioether (sulfide) groups is 1. The Hall–Kier alpha value is -0.450. The molecule has 3 nitrogen and oxygen atoms in total. The standard InChI is InChI=1S/C6H12FNO2S/c1-5(8-6(9)10)4-11-3-2-7/h5,8H,2-4H2,1H3,(H,9,10). The van der Waals surface area contributed by atoms with E-state index in [1.54, 1.807) is 6.92 Å². The second-order valence-corrected chi connectivity index (χ2v) is 3.26. The van der Waals surface area contributed by atoms with Gasteiger partial charge in [0.1, 0.15) is 0 Å². The van der Waals surface area contributed by atoms with Gasteiger partial charge in [-0.2, -0.15) is 11.8 Å². The van der Waals surface area contributed by atoms with Crippen LogP contribution in [0.25, 0.3) is 0 Å². The molecule has 1 unspecified atom stereocenters. The van der Waals surface area contributed by atoms with Gasteiger partial charge < -0.3 is 10.4 Å².